The maximum atomic E-state index is 11.8. The van der Waals surface area contributed by atoms with E-state index in [9.17, 15) is 4.79 Å². The Morgan fingerprint density at radius 2 is 2.13 bits per heavy atom. The fraction of sp³-hybridized carbons (Fsp3) is 0.294. The highest BCUT2D eigenvalue weighted by Gasteiger charge is 2.13. The highest BCUT2D eigenvalue weighted by Crippen LogP contribution is 2.27. The second kappa shape index (κ2) is 5.69. The summed E-state index contributed by atoms with van der Waals surface area (Å²) in [5, 5.41) is 17.4. The zero-order valence-electron chi connectivity index (χ0n) is 13.2. The number of nitriles is 1. The predicted molar refractivity (Wildman–Crippen MR) is 85.1 cm³/mol. The van der Waals surface area contributed by atoms with E-state index in [1.807, 2.05) is 19.1 Å². The number of fused-ring (bicyclic) bond motifs is 1. The average Bonchev–Trinajstić information content (AvgIpc) is 2.93. The quantitative estimate of drug-likeness (QED) is 0.694. The van der Waals surface area contributed by atoms with Crippen LogP contribution in [-0.2, 0) is 6.54 Å². The molecule has 6 nitrogen and oxygen atoms in total. The molecule has 0 amide bonds. The van der Waals surface area contributed by atoms with Gasteiger partial charge < -0.3 is 8.98 Å². The molecule has 23 heavy (non-hydrogen) atoms. The van der Waals surface area contributed by atoms with Crippen LogP contribution in [0.1, 0.15) is 42.3 Å². The van der Waals surface area contributed by atoms with Gasteiger partial charge in [0, 0.05) is 11.5 Å². The van der Waals surface area contributed by atoms with E-state index < -0.39 is 5.63 Å². The molecule has 0 radical (unpaired) electrons. The van der Waals surface area contributed by atoms with Crippen LogP contribution in [0.15, 0.2) is 33.7 Å². The summed E-state index contributed by atoms with van der Waals surface area (Å²) in [6.45, 7) is 6.61. The normalized spacial score (nSPS) is 11.1. The lowest BCUT2D eigenvalue weighted by atomic mass is 9.95. The van der Waals surface area contributed by atoms with E-state index >= 15 is 0 Å². The molecular weight excluding hydrogens is 292 g/mol. The molecule has 3 rings (SSSR count). The van der Waals surface area contributed by atoms with E-state index in [0.29, 0.717) is 18.0 Å². The Hall–Kier alpha value is -2.94. The number of hydrogen-bond donors (Lipinski definition) is 0. The Kier molecular flexibility index (Phi) is 3.70. The zero-order valence-corrected chi connectivity index (χ0v) is 13.2. The van der Waals surface area contributed by atoms with Crippen molar-refractivity contribution in [3.8, 4) is 6.07 Å². The van der Waals surface area contributed by atoms with Crippen molar-refractivity contribution in [3.63, 3.8) is 0 Å². The van der Waals surface area contributed by atoms with E-state index in [0.717, 1.165) is 16.5 Å². The van der Waals surface area contributed by atoms with E-state index in [1.165, 1.54) is 18.0 Å². The van der Waals surface area contributed by atoms with E-state index in [-0.39, 0.29) is 5.82 Å². The summed E-state index contributed by atoms with van der Waals surface area (Å²) < 4.78 is 6.95. The van der Waals surface area contributed by atoms with Crippen molar-refractivity contribution in [2.75, 3.05) is 0 Å². The molecule has 1 aromatic carbocycles. The number of benzene rings is 1. The van der Waals surface area contributed by atoms with Crippen LogP contribution in [0.3, 0.4) is 0 Å². The largest absolute Gasteiger partial charge is 0.423 e. The highest BCUT2D eigenvalue weighted by atomic mass is 16.4. The molecule has 0 fully saturated rings. The molecule has 2 heterocycles. The van der Waals surface area contributed by atoms with Crippen molar-refractivity contribution in [2.45, 2.75) is 33.2 Å². The first-order chi connectivity index (χ1) is 11.0. The second-order valence-corrected chi connectivity index (χ2v) is 5.84. The molecule has 0 aliphatic heterocycles. The van der Waals surface area contributed by atoms with Crippen molar-refractivity contribution in [3.05, 3.63) is 57.5 Å². The molecule has 6 heteroatoms. The van der Waals surface area contributed by atoms with E-state index in [1.54, 1.807) is 4.57 Å². The van der Waals surface area contributed by atoms with Crippen molar-refractivity contribution >= 4 is 11.0 Å². The van der Waals surface area contributed by atoms with Gasteiger partial charge in [0.15, 0.2) is 0 Å². The van der Waals surface area contributed by atoms with Gasteiger partial charge in [-0.05, 0) is 41.7 Å². The van der Waals surface area contributed by atoms with Gasteiger partial charge in [0.1, 0.15) is 18.0 Å². The fourth-order valence-electron chi connectivity index (χ4n) is 2.79. The van der Waals surface area contributed by atoms with Crippen LogP contribution in [0.4, 0.5) is 0 Å². The van der Waals surface area contributed by atoms with Gasteiger partial charge in [0.05, 0.1) is 6.54 Å². The molecule has 0 unspecified atom stereocenters. The number of rotatable bonds is 3. The first-order valence-corrected chi connectivity index (χ1v) is 7.34. The number of aryl methyl sites for hydroxylation is 1. The third-order valence-corrected chi connectivity index (χ3v) is 3.90. The first kappa shape index (κ1) is 15.0. The second-order valence-electron chi connectivity index (χ2n) is 5.84. The minimum Gasteiger partial charge on any atom is -0.423 e. The minimum absolute atomic E-state index is 0.211. The Balaban J connectivity index is 2.21. The Morgan fingerprint density at radius 1 is 1.35 bits per heavy atom. The highest BCUT2D eigenvalue weighted by molar-refractivity contribution is 5.82. The monoisotopic (exact) mass is 308 g/mol. The molecule has 2 aromatic heterocycles. The van der Waals surface area contributed by atoms with Crippen LogP contribution < -0.4 is 5.63 Å². The van der Waals surface area contributed by atoms with Gasteiger partial charge in [-0.25, -0.2) is 4.79 Å². The lowest BCUT2D eigenvalue weighted by molar-refractivity contribution is 0.557. The van der Waals surface area contributed by atoms with Crippen LogP contribution in [-0.4, -0.2) is 14.8 Å². The molecule has 0 saturated carbocycles. The SMILES string of the molecule is Cc1cc2oc(=O)cc(Cn3cnnc3C#N)c2cc1C(C)C. The Bertz CT molecular complexity index is 976. The molecule has 116 valence electrons. The molecule has 0 aliphatic rings. The molecular formula is C17H16N4O2. The van der Waals surface area contributed by atoms with Crippen molar-refractivity contribution in [2.24, 2.45) is 0 Å². The van der Waals surface area contributed by atoms with Crippen molar-refractivity contribution in [1.82, 2.24) is 14.8 Å². The van der Waals surface area contributed by atoms with Gasteiger partial charge in [-0.2, -0.15) is 5.26 Å². The standard InChI is InChI=1S/C17H16N4O2/c1-10(2)13-6-14-12(8-21-9-19-20-16(21)7-18)5-17(22)23-15(14)4-11(13)3/h4-6,9-10H,8H2,1-3H3. The molecule has 3 aromatic rings. The number of aromatic nitrogens is 3. The summed E-state index contributed by atoms with van der Waals surface area (Å²) in [5.41, 5.74) is 3.23. The molecule has 0 N–H and O–H groups in total. The Morgan fingerprint density at radius 3 is 2.83 bits per heavy atom. The fourth-order valence-corrected chi connectivity index (χ4v) is 2.79. The van der Waals surface area contributed by atoms with Crippen LogP contribution in [0.5, 0.6) is 0 Å². The van der Waals surface area contributed by atoms with Gasteiger partial charge in [-0.3, -0.25) is 0 Å². The topological polar surface area (TPSA) is 84.7 Å². The van der Waals surface area contributed by atoms with E-state index in [4.69, 9.17) is 9.68 Å². The lowest BCUT2D eigenvalue weighted by Crippen LogP contribution is -2.07. The predicted octanol–water partition coefficient (Wildman–Crippen LogP) is 2.74. The molecule has 0 spiro atoms. The van der Waals surface area contributed by atoms with Crippen LogP contribution in [0.25, 0.3) is 11.0 Å². The van der Waals surface area contributed by atoms with E-state index in [2.05, 4.69) is 30.1 Å². The van der Waals surface area contributed by atoms with Crippen LogP contribution in [0.2, 0.25) is 0 Å². The van der Waals surface area contributed by atoms with Crippen LogP contribution in [0, 0.1) is 18.3 Å². The Labute approximate surface area is 133 Å². The molecule has 0 bridgehead atoms. The summed E-state index contributed by atoms with van der Waals surface area (Å²) in [4.78, 5) is 11.8. The maximum absolute atomic E-state index is 11.8. The zero-order chi connectivity index (χ0) is 16.6. The summed E-state index contributed by atoms with van der Waals surface area (Å²) in [6, 6.07) is 7.40. The van der Waals surface area contributed by atoms with Gasteiger partial charge in [-0.15, -0.1) is 10.2 Å². The molecule has 0 atom stereocenters. The number of hydrogen-bond acceptors (Lipinski definition) is 5. The van der Waals surface area contributed by atoms with Crippen molar-refractivity contribution < 1.29 is 4.42 Å². The van der Waals surface area contributed by atoms with Crippen LogP contribution >= 0.6 is 0 Å². The summed E-state index contributed by atoms with van der Waals surface area (Å²) >= 11 is 0. The number of nitrogens with zero attached hydrogens (tertiary/aromatic N) is 4. The van der Waals surface area contributed by atoms with Gasteiger partial charge >= 0.3 is 5.63 Å². The van der Waals surface area contributed by atoms with Gasteiger partial charge in [0.25, 0.3) is 0 Å². The van der Waals surface area contributed by atoms with Gasteiger partial charge in [0.2, 0.25) is 5.82 Å². The summed E-state index contributed by atoms with van der Waals surface area (Å²) in [6.07, 6.45) is 1.48. The first-order valence-electron chi connectivity index (χ1n) is 7.34. The minimum atomic E-state index is -0.407. The molecule has 0 saturated heterocycles. The third kappa shape index (κ3) is 2.73. The third-order valence-electron chi connectivity index (χ3n) is 3.90. The van der Waals surface area contributed by atoms with Gasteiger partial charge in [-0.1, -0.05) is 13.8 Å². The summed E-state index contributed by atoms with van der Waals surface area (Å²) in [5.74, 6) is 0.575. The van der Waals surface area contributed by atoms with Crippen molar-refractivity contribution in [1.29, 1.82) is 5.26 Å². The average molecular weight is 308 g/mol. The maximum Gasteiger partial charge on any atom is 0.336 e. The smallest absolute Gasteiger partial charge is 0.336 e. The summed E-state index contributed by atoms with van der Waals surface area (Å²) in [7, 11) is 0. The molecule has 0 aliphatic carbocycles. The lowest BCUT2D eigenvalue weighted by Gasteiger charge is -2.13.